The van der Waals surface area contributed by atoms with Gasteiger partial charge in [-0.1, -0.05) is 31.2 Å². The zero-order valence-corrected chi connectivity index (χ0v) is 11.7. The Hall–Kier alpha value is -1.55. The molecule has 0 aromatic heterocycles. The van der Waals surface area contributed by atoms with Crippen LogP contribution in [0.5, 0.6) is 0 Å². The molecule has 104 valence electrons. The van der Waals surface area contributed by atoms with Crippen LogP contribution in [0.25, 0.3) is 0 Å². The Kier molecular flexibility index (Phi) is 4.80. The van der Waals surface area contributed by atoms with E-state index in [1.807, 2.05) is 0 Å². The van der Waals surface area contributed by atoms with Crippen molar-refractivity contribution in [3.05, 3.63) is 35.4 Å². The highest BCUT2D eigenvalue weighted by atomic mass is 15.1. The van der Waals surface area contributed by atoms with Crippen LogP contribution in [0.2, 0.25) is 0 Å². The van der Waals surface area contributed by atoms with Gasteiger partial charge in [0.2, 0.25) is 0 Å². The number of piperidine rings is 1. The molecule has 4 N–H and O–H groups in total. The molecule has 19 heavy (non-hydrogen) atoms. The van der Waals surface area contributed by atoms with Gasteiger partial charge < -0.3 is 11.5 Å². The van der Waals surface area contributed by atoms with E-state index in [1.165, 1.54) is 31.5 Å². The van der Waals surface area contributed by atoms with Gasteiger partial charge in [-0.2, -0.15) is 0 Å². The number of benzene rings is 1. The standard InChI is InChI=1S/C15H24N4/c1-12-3-2-8-19(10-12)11-14-6-4-13(5-7-14)9-18-15(16)17/h4-7,12H,2-3,8-11H2,1H3,(H4,16,17,18). The lowest BCUT2D eigenvalue weighted by Gasteiger charge is -2.30. The molecule has 0 spiro atoms. The molecule has 4 nitrogen and oxygen atoms in total. The summed E-state index contributed by atoms with van der Waals surface area (Å²) in [4.78, 5) is 6.55. The molecule has 1 atom stereocenters. The minimum Gasteiger partial charge on any atom is -0.370 e. The summed E-state index contributed by atoms with van der Waals surface area (Å²) < 4.78 is 0. The van der Waals surface area contributed by atoms with Crippen molar-refractivity contribution >= 4 is 5.96 Å². The minimum atomic E-state index is 0.145. The maximum Gasteiger partial charge on any atom is 0.186 e. The van der Waals surface area contributed by atoms with Gasteiger partial charge in [0.15, 0.2) is 5.96 Å². The molecule has 0 saturated carbocycles. The Morgan fingerprint density at radius 1 is 1.26 bits per heavy atom. The first kappa shape index (κ1) is 13.9. The van der Waals surface area contributed by atoms with E-state index < -0.39 is 0 Å². The van der Waals surface area contributed by atoms with E-state index in [-0.39, 0.29) is 5.96 Å². The summed E-state index contributed by atoms with van der Waals surface area (Å²) >= 11 is 0. The van der Waals surface area contributed by atoms with E-state index in [0.717, 1.165) is 18.0 Å². The average molecular weight is 260 g/mol. The highest BCUT2D eigenvalue weighted by Gasteiger charge is 2.15. The molecule has 1 unspecified atom stereocenters. The number of guanidine groups is 1. The largest absolute Gasteiger partial charge is 0.370 e. The second-order valence-corrected chi connectivity index (χ2v) is 5.54. The molecule has 1 fully saturated rings. The normalized spacial score (nSPS) is 20.2. The van der Waals surface area contributed by atoms with Crippen LogP contribution in [0.4, 0.5) is 0 Å². The van der Waals surface area contributed by atoms with Crippen LogP contribution in [-0.2, 0) is 13.1 Å². The third-order valence-corrected chi connectivity index (χ3v) is 3.61. The fourth-order valence-corrected chi connectivity index (χ4v) is 2.62. The van der Waals surface area contributed by atoms with Gasteiger partial charge in [0.1, 0.15) is 0 Å². The van der Waals surface area contributed by atoms with Crippen molar-refractivity contribution in [1.29, 1.82) is 0 Å². The summed E-state index contributed by atoms with van der Waals surface area (Å²) in [6.07, 6.45) is 2.69. The third-order valence-electron chi connectivity index (χ3n) is 3.61. The van der Waals surface area contributed by atoms with Crippen LogP contribution in [0.15, 0.2) is 29.3 Å². The Morgan fingerprint density at radius 2 is 1.95 bits per heavy atom. The van der Waals surface area contributed by atoms with Crippen LogP contribution < -0.4 is 11.5 Å². The van der Waals surface area contributed by atoms with Crippen LogP contribution in [0.1, 0.15) is 30.9 Å². The Bertz CT molecular complexity index is 420. The predicted octanol–water partition coefficient (Wildman–Crippen LogP) is 1.69. The van der Waals surface area contributed by atoms with Crippen LogP contribution in [0.3, 0.4) is 0 Å². The molecule has 1 aromatic carbocycles. The molecule has 1 heterocycles. The molecule has 0 amide bonds. The minimum absolute atomic E-state index is 0.145. The average Bonchev–Trinajstić information content (AvgIpc) is 2.38. The van der Waals surface area contributed by atoms with Gasteiger partial charge in [0.05, 0.1) is 6.54 Å². The number of nitrogens with zero attached hydrogens (tertiary/aromatic N) is 2. The lowest BCUT2D eigenvalue weighted by Crippen LogP contribution is -2.33. The lowest BCUT2D eigenvalue weighted by atomic mass is 9.99. The van der Waals surface area contributed by atoms with E-state index >= 15 is 0 Å². The Morgan fingerprint density at radius 3 is 2.58 bits per heavy atom. The van der Waals surface area contributed by atoms with Crippen molar-refractivity contribution < 1.29 is 0 Å². The SMILES string of the molecule is CC1CCCN(Cc2ccc(CN=C(N)N)cc2)C1. The van der Waals surface area contributed by atoms with Gasteiger partial charge in [0.25, 0.3) is 0 Å². The summed E-state index contributed by atoms with van der Waals surface area (Å²) in [5, 5.41) is 0. The van der Waals surface area contributed by atoms with E-state index in [9.17, 15) is 0 Å². The van der Waals surface area contributed by atoms with Gasteiger partial charge in [-0.05, 0) is 36.4 Å². The molecule has 2 rings (SSSR count). The number of nitrogens with two attached hydrogens (primary N) is 2. The topological polar surface area (TPSA) is 67.6 Å². The zero-order valence-electron chi connectivity index (χ0n) is 11.7. The molecule has 0 radical (unpaired) electrons. The molecule has 1 aliphatic heterocycles. The van der Waals surface area contributed by atoms with Crippen LogP contribution >= 0.6 is 0 Å². The highest BCUT2D eigenvalue weighted by Crippen LogP contribution is 2.18. The fourth-order valence-electron chi connectivity index (χ4n) is 2.62. The van der Waals surface area contributed by atoms with Crippen molar-refractivity contribution in [1.82, 2.24) is 4.90 Å². The molecule has 1 aromatic rings. The second kappa shape index (κ2) is 6.57. The number of hydrogen-bond acceptors (Lipinski definition) is 2. The summed E-state index contributed by atoms with van der Waals surface area (Å²) in [5.74, 6) is 0.973. The molecular formula is C15H24N4. The van der Waals surface area contributed by atoms with E-state index in [4.69, 9.17) is 11.5 Å². The molecular weight excluding hydrogens is 236 g/mol. The third kappa shape index (κ3) is 4.56. The van der Waals surface area contributed by atoms with Gasteiger partial charge >= 0.3 is 0 Å². The van der Waals surface area contributed by atoms with Gasteiger partial charge in [-0.3, -0.25) is 4.90 Å². The van der Waals surface area contributed by atoms with Crippen molar-refractivity contribution in [2.75, 3.05) is 13.1 Å². The van der Waals surface area contributed by atoms with Gasteiger partial charge in [-0.25, -0.2) is 4.99 Å². The van der Waals surface area contributed by atoms with E-state index in [2.05, 4.69) is 41.1 Å². The number of rotatable bonds is 4. The Labute approximate surface area is 115 Å². The predicted molar refractivity (Wildman–Crippen MR) is 79.6 cm³/mol. The van der Waals surface area contributed by atoms with Crippen LogP contribution in [0, 0.1) is 5.92 Å². The molecule has 1 saturated heterocycles. The molecule has 0 bridgehead atoms. The summed E-state index contributed by atoms with van der Waals surface area (Å²) in [6.45, 7) is 6.39. The summed E-state index contributed by atoms with van der Waals surface area (Å²) in [7, 11) is 0. The maximum absolute atomic E-state index is 5.33. The zero-order chi connectivity index (χ0) is 13.7. The number of likely N-dealkylation sites (tertiary alicyclic amines) is 1. The number of aliphatic imine (C=N–C) groups is 1. The van der Waals surface area contributed by atoms with E-state index in [0.29, 0.717) is 6.54 Å². The first-order valence-electron chi connectivity index (χ1n) is 6.99. The molecule has 4 heteroatoms. The second-order valence-electron chi connectivity index (χ2n) is 5.54. The molecule has 0 aliphatic carbocycles. The lowest BCUT2D eigenvalue weighted by molar-refractivity contribution is 0.176. The number of hydrogen-bond donors (Lipinski definition) is 2. The molecule has 1 aliphatic rings. The first-order valence-corrected chi connectivity index (χ1v) is 6.99. The fraction of sp³-hybridized carbons (Fsp3) is 0.533. The van der Waals surface area contributed by atoms with Gasteiger partial charge in [0, 0.05) is 13.1 Å². The van der Waals surface area contributed by atoms with Crippen molar-refractivity contribution in [2.24, 2.45) is 22.4 Å². The summed E-state index contributed by atoms with van der Waals surface area (Å²) in [6, 6.07) is 8.57. The van der Waals surface area contributed by atoms with Crippen molar-refractivity contribution in [2.45, 2.75) is 32.9 Å². The smallest absolute Gasteiger partial charge is 0.186 e. The monoisotopic (exact) mass is 260 g/mol. The Balaban J connectivity index is 1.89. The van der Waals surface area contributed by atoms with Gasteiger partial charge in [-0.15, -0.1) is 0 Å². The van der Waals surface area contributed by atoms with E-state index in [1.54, 1.807) is 0 Å². The van der Waals surface area contributed by atoms with Crippen LogP contribution in [-0.4, -0.2) is 23.9 Å². The van der Waals surface area contributed by atoms with Crippen molar-refractivity contribution in [3.63, 3.8) is 0 Å². The first-order chi connectivity index (χ1) is 9.13. The van der Waals surface area contributed by atoms with Crippen molar-refractivity contribution in [3.8, 4) is 0 Å². The maximum atomic E-state index is 5.33. The highest BCUT2D eigenvalue weighted by molar-refractivity contribution is 5.75. The quantitative estimate of drug-likeness (QED) is 0.639. The summed E-state index contributed by atoms with van der Waals surface area (Å²) in [5.41, 5.74) is 13.2.